The van der Waals surface area contributed by atoms with Gasteiger partial charge in [0.1, 0.15) is 0 Å². The molecule has 106 valence electrons. The smallest absolute Gasteiger partial charge is 0.305 e. The van der Waals surface area contributed by atoms with Crippen molar-refractivity contribution in [3.63, 3.8) is 0 Å². The molecule has 3 aromatic rings. The Bertz CT molecular complexity index is 757. The summed E-state index contributed by atoms with van der Waals surface area (Å²) in [5.41, 5.74) is 1.28. The number of urea groups is 1. The molecule has 0 saturated carbocycles. The summed E-state index contributed by atoms with van der Waals surface area (Å²) in [6, 6.07) is 6.84. The van der Waals surface area contributed by atoms with Crippen LogP contribution in [-0.2, 0) is 0 Å². The number of nitrogens with zero attached hydrogens (tertiary/aromatic N) is 3. The van der Waals surface area contributed by atoms with Crippen molar-refractivity contribution in [2.75, 3.05) is 10.6 Å². The quantitative estimate of drug-likeness (QED) is 0.690. The van der Waals surface area contributed by atoms with E-state index in [1.807, 2.05) is 18.2 Å². The van der Waals surface area contributed by atoms with Crippen LogP contribution in [0.25, 0.3) is 11.4 Å². The first-order valence-corrected chi connectivity index (χ1v) is 7.03. The van der Waals surface area contributed by atoms with E-state index in [-0.39, 0.29) is 0 Å². The Hall–Kier alpha value is -2.45. The summed E-state index contributed by atoms with van der Waals surface area (Å²) in [6.45, 7) is 0. The zero-order valence-corrected chi connectivity index (χ0v) is 12.1. The van der Waals surface area contributed by atoms with Gasteiger partial charge in [0.25, 0.3) is 0 Å². The Morgan fingerprint density at radius 1 is 1.29 bits per heavy atom. The molecule has 2 heterocycles. The van der Waals surface area contributed by atoms with Gasteiger partial charge in [-0.2, -0.15) is 14.5 Å². The Labute approximate surface area is 128 Å². The third-order valence-electron chi connectivity index (χ3n) is 2.52. The summed E-state index contributed by atoms with van der Waals surface area (Å²) in [6.07, 6.45) is 3.06. The van der Waals surface area contributed by atoms with Crippen LogP contribution < -0.4 is 10.6 Å². The molecule has 0 bridgehead atoms. The summed E-state index contributed by atoms with van der Waals surface area (Å²) in [7, 11) is 0. The number of carbonyl (C=O) groups excluding carboxylic acids is 1. The summed E-state index contributed by atoms with van der Waals surface area (Å²) in [4.78, 5) is 16.0. The first-order valence-electron chi connectivity index (χ1n) is 5.88. The van der Waals surface area contributed by atoms with Crippen LogP contribution >= 0.6 is 23.1 Å². The van der Waals surface area contributed by atoms with E-state index in [1.54, 1.807) is 12.3 Å². The largest absolute Gasteiger partial charge is 0.325 e. The number of hydrogen-bond acceptors (Lipinski definition) is 5. The van der Waals surface area contributed by atoms with E-state index in [0.717, 1.165) is 17.1 Å². The lowest BCUT2D eigenvalue weighted by molar-refractivity contribution is 0.262. The van der Waals surface area contributed by atoms with Crippen LogP contribution in [0.2, 0.25) is 5.02 Å². The van der Waals surface area contributed by atoms with Gasteiger partial charge in [0.05, 0.1) is 16.9 Å². The Kier molecular flexibility index (Phi) is 3.80. The minimum atomic E-state index is -0.418. The molecule has 0 unspecified atom stereocenters. The number of aromatic nitrogens is 4. The molecule has 1 aromatic carbocycles. The average molecular weight is 321 g/mol. The van der Waals surface area contributed by atoms with Gasteiger partial charge in [0, 0.05) is 23.3 Å². The molecule has 0 spiro atoms. The lowest BCUT2D eigenvalue weighted by atomic mass is 10.2. The maximum atomic E-state index is 11.7. The van der Waals surface area contributed by atoms with E-state index in [0.29, 0.717) is 21.7 Å². The van der Waals surface area contributed by atoms with Gasteiger partial charge in [-0.25, -0.2) is 4.79 Å². The molecule has 0 radical (unpaired) electrons. The predicted molar refractivity (Wildman–Crippen MR) is 81.6 cm³/mol. The third kappa shape index (κ3) is 3.18. The second-order valence-electron chi connectivity index (χ2n) is 3.97. The fraction of sp³-hybridized carbons (Fsp3) is 0. The number of hydrogen-bond donors (Lipinski definition) is 3. The topological polar surface area (TPSA) is 95.6 Å². The highest BCUT2D eigenvalue weighted by Gasteiger charge is 2.11. The van der Waals surface area contributed by atoms with Crippen LogP contribution in [0.15, 0.2) is 36.7 Å². The van der Waals surface area contributed by atoms with E-state index in [4.69, 9.17) is 11.6 Å². The Morgan fingerprint density at radius 3 is 2.90 bits per heavy atom. The molecule has 0 fully saturated rings. The number of carbonyl (C=O) groups is 1. The van der Waals surface area contributed by atoms with Gasteiger partial charge in [0.15, 0.2) is 5.82 Å². The molecule has 0 aliphatic carbocycles. The summed E-state index contributed by atoms with van der Waals surface area (Å²) in [5.74, 6) is 0.476. The number of H-pyrrole nitrogens is 1. The first kappa shape index (κ1) is 13.5. The van der Waals surface area contributed by atoms with E-state index in [2.05, 4.69) is 30.2 Å². The van der Waals surface area contributed by atoms with Gasteiger partial charge in [-0.05, 0) is 12.1 Å². The third-order valence-corrected chi connectivity index (χ3v) is 3.48. The fourth-order valence-corrected chi connectivity index (χ4v) is 2.40. The maximum Gasteiger partial charge on any atom is 0.325 e. The van der Waals surface area contributed by atoms with Gasteiger partial charge in [0.2, 0.25) is 5.13 Å². The van der Waals surface area contributed by atoms with Crippen molar-refractivity contribution < 1.29 is 4.79 Å². The van der Waals surface area contributed by atoms with Crippen molar-refractivity contribution in [1.29, 1.82) is 0 Å². The summed E-state index contributed by atoms with van der Waals surface area (Å²) in [5, 5.41) is 12.5. The van der Waals surface area contributed by atoms with Crippen molar-refractivity contribution in [3.8, 4) is 11.4 Å². The molecular formula is C12H9ClN6OS. The first-order chi connectivity index (χ1) is 10.2. The maximum absolute atomic E-state index is 11.7. The molecule has 9 heteroatoms. The van der Waals surface area contributed by atoms with Crippen LogP contribution in [0.5, 0.6) is 0 Å². The monoisotopic (exact) mass is 320 g/mol. The molecule has 2 aromatic heterocycles. The van der Waals surface area contributed by atoms with Crippen molar-refractivity contribution in [1.82, 2.24) is 19.6 Å². The van der Waals surface area contributed by atoms with Gasteiger partial charge in [-0.15, -0.1) is 0 Å². The minimum absolute atomic E-state index is 0.380. The SMILES string of the molecule is O=C(Nc1cn[nH]c1)Nc1nc(-c2ccccc2Cl)ns1. The van der Waals surface area contributed by atoms with Crippen LogP contribution in [-0.4, -0.2) is 25.6 Å². The molecule has 3 rings (SSSR count). The number of aromatic amines is 1. The molecule has 7 nitrogen and oxygen atoms in total. The average Bonchev–Trinajstić information content (AvgIpc) is 3.11. The number of amides is 2. The lowest BCUT2D eigenvalue weighted by Crippen LogP contribution is -2.18. The highest BCUT2D eigenvalue weighted by atomic mass is 35.5. The van der Waals surface area contributed by atoms with Crippen LogP contribution in [0, 0.1) is 0 Å². The zero-order valence-electron chi connectivity index (χ0n) is 10.5. The molecule has 0 saturated heterocycles. The minimum Gasteiger partial charge on any atom is -0.305 e. The second-order valence-corrected chi connectivity index (χ2v) is 5.13. The van der Waals surface area contributed by atoms with Crippen molar-refractivity contribution in [2.24, 2.45) is 0 Å². The van der Waals surface area contributed by atoms with Crippen molar-refractivity contribution >= 4 is 40.0 Å². The van der Waals surface area contributed by atoms with Gasteiger partial charge >= 0.3 is 6.03 Å². The summed E-state index contributed by atoms with van der Waals surface area (Å²) < 4.78 is 4.18. The number of anilines is 2. The predicted octanol–water partition coefficient (Wildman–Crippen LogP) is 3.23. The van der Waals surface area contributed by atoms with Crippen molar-refractivity contribution in [3.05, 3.63) is 41.7 Å². The van der Waals surface area contributed by atoms with Crippen LogP contribution in [0.1, 0.15) is 0 Å². The van der Waals surface area contributed by atoms with E-state index < -0.39 is 6.03 Å². The molecule has 0 atom stereocenters. The number of halogens is 1. The molecule has 21 heavy (non-hydrogen) atoms. The van der Waals surface area contributed by atoms with Crippen LogP contribution in [0.3, 0.4) is 0 Å². The molecule has 0 aliphatic rings. The van der Waals surface area contributed by atoms with Gasteiger partial charge in [-0.3, -0.25) is 10.4 Å². The van der Waals surface area contributed by atoms with E-state index in [1.165, 1.54) is 6.20 Å². The second kappa shape index (κ2) is 5.90. The highest BCUT2D eigenvalue weighted by molar-refractivity contribution is 7.10. The standard InChI is InChI=1S/C12H9ClN6OS/c13-9-4-2-1-3-8(9)10-17-12(21-19-10)18-11(20)16-7-5-14-15-6-7/h1-6H,(H,14,15)(H2,16,17,18,19,20). The highest BCUT2D eigenvalue weighted by Crippen LogP contribution is 2.27. The van der Waals surface area contributed by atoms with Gasteiger partial charge in [-0.1, -0.05) is 23.7 Å². The number of benzene rings is 1. The van der Waals surface area contributed by atoms with E-state index >= 15 is 0 Å². The molecule has 2 amide bonds. The number of nitrogens with one attached hydrogen (secondary N) is 3. The zero-order chi connectivity index (χ0) is 14.7. The molecule has 3 N–H and O–H groups in total. The Balaban J connectivity index is 1.71. The fourth-order valence-electron chi connectivity index (χ4n) is 1.60. The lowest BCUT2D eigenvalue weighted by Gasteiger charge is -2.01. The van der Waals surface area contributed by atoms with Gasteiger partial charge < -0.3 is 5.32 Å². The summed E-state index contributed by atoms with van der Waals surface area (Å²) >= 11 is 7.16. The molecular weight excluding hydrogens is 312 g/mol. The van der Waals surface area contributed by atoms with E-state index in [9.17, 15) is 4.79 Å². The van der Waals surface area contributed by atoms with Crippen molar-refractivity contribution in [2.45, 2.75) is 0 Å². The normalized spacial score (nSPS) is 10.3. The number of rotatable bonds is 3. The molecule has 0 aliphatic heterocycles. The Morgan fingerprint density at radius 2 is 2.14 bits per heavy atom. The van der Waals surface area contributed by atoms with Crippen LogP contribution in [0.4, 0.5) is 15.6 Å².